The van der Waals surface area contributed by atoms with E-state index in [1.54, 1.807) is 25.4 Å². The van der Waals surface area contributed by atoms with Crippen LogP contribution in [0.5, 0.6) is 0 Å². The van der Waals surface area contributed by atoms with Crippen molar-refractivity contribution in [2.24, 2.45) is 5.92 Å². The van der Waals surface area contributed by atoms with Gasteiger partial charge < -0.3 is 25.9 Å². The zero-order valence-electron chi connectivity index (χ0n) is 38.3. The van der Waals surface area contributed by atoms with Gasteiger partial charge in [-0.3, -0.25) is 39.8 Å². The highest BCUT2D eigenvalue weighted by molar-refractivity contribution is 6.06. The molecule has 0 bridgehead atoms. The maximum Gasteiger partial charge on any atom is 0.255 e. The molecule has 3 fully saturated rings. The van der Waals surface area contributed by atoms with Crippen molar-refractivity contribution in [2.45, 2.75) is 71.8 Å². The Balaban J connectivity index is 0.000000264. The number of anilines is 4. The van der Waals surface area contributed by atoms with E-state index in [1.807, 2.05) is 41.6 Å². The quantitative estimate of drug-likeness (QED) is 0.0416. The van der Waals surface area contributed by atoms with Crippen molar-refractivity contribution in [1.82, 2.24) is 36.0 Å². The monoisotopic (exact) mass is 876 g/mol. The molecule has 0 saturated carbocycles. The van der Waals surface area contributed by atoms with E-state index < -0.39 is 17.9 Å². The van der Waals surface area contributed by atoms with Crippen LogP contribution in [0.3, 0.4) is 0 Å². The lowest BCUT2D eigenvalue weighted by molar-refractivity contribution is -0.136. The summed E-state index contributed by atoms with van der Waals surface area (Å²) in [6.45, 7) is 22.4. The third kappa shape index (κ3) is 14.2. The van der Waals surface area contributed by atoms with Gasteiger partial charge in [-0.25, -0.2) is 10.4 Å². The first-order chi connectivity index (χ1) is 30.9. The minimum atomic E-state index is -0.738. The average molecular weight is 876 g/mol. The number of pyridine rings is 1. The van der Waals surface area contributed by atoms with Gasteiger partial charge >= 0.3 is 0 Å². The van der Waals surface area contributed by atoms with E-state index in [0.29, 0.717) is 24.3 Å². The number of nitrogens with one attached hydrogen (secondary N) is 4. The van der Waals surface area contributed by atoms with Crippen molar-refractivity contribution < 1.29 is 19.2 Å². The second-order valence-electron chi connectivity index (χ2n) is 16.9. The number of hydrazine groups is 2. The van der Waals surface area contributed by atoms with Gasteiger partial charge in [0.1, 0.15) is 11.9 Å². The van der Waals surface area contributed by atoms with Crippen LogP contribution in [0.4, 0.5) is 22.9 Å². The molecule has 15 nitrogen and oxygen atoms in total. The molecule has 4 aliphatic rings. The van der Waals surface area contributed by atoms with Crippen LogP contribution in [0.1, 0.15) is 84.3 Å². The molecule has 4 aliphatic heterocycles. The standard InChI is InChI=1S/C30H38N6O4.C15H23N3.C4H8N2/c1-33(27-8-9-28(38)32-29(27)39)30(40)26-18-25(5-2-22(26)20-37)35-12-10-21(11-13-35)19-34-14-16-36(17-15-34)24-6-3-23(31)4-7-24;1-5-8-9-14-10-11-15(16-13(14)4)17-18(7-3)12-6-2;1-4-2-5-6-3-4/h2-7,18,20-21,27H,8-17,19,31H2,1H3,(H,32,38,39);6-7,10-11H,2-3,5,8-9,12H2,1,4H3,(H,16,17);2,5-6H,3H2,1H3. The van der Waals surface area contributed by atoms with Crippen LogP contribution in [0, 0.1) is 12.8 Å². The summed E-state index contributed by atoms with van der Waals surface area (Å²) in [7, 11) is 1.55. The number of aromatic nitrogens is 1. The molecule has 3 amide bonds. The zero-order chi connectivity index (χ0) is 46.0. The molecule has 1 unspecified atom stereocenters. The van der Waals surface area contributed by atoms with Gasteiger partial charge in [0, 0.05) is 107 Å². The Labute approximate surface area is 379 Å². The van der Waals surface area contributed by atoms with E-state index in [4.69, 9.17) is 5.73 Å². The number of piperazine rings is 1. The Kier molecular flexibility index (Phi) is 18.8. The van der Waals surface area contributed by atoms with Gasteiger partial charge in [0.15, 0.2) is 6.29 Å². The Morgan fingerprint density at radius 1 is 0.953 bits per heavy atom. The number of imide groups is 1. The average Bonchev–Trinajstić information content (AvgIpc) is 3.80. The molecular formula is C49H69N11O4. The fourth-order valence-corrected chi connectivity index (χ4v) is 8.18. The fraction of sp³-hybridized carbons (Fsp3) is 0.449. The van der Waals surface area contributed by atoms with Crippen molar-refractivity contribution in [3.8, 4) is 0 Å². The molecule has 3 saturated heterocycles. The van der Waals surface area contributed by atoms with E-state index in [-0.39, 0.29) is 24.3 Å². The first-order valence-corrected chi connectivity index (χ1v) is 22.6. The van der Waals surface area contributed by atoms with Gasteiger partial charge in [-0.15, -0.1) is 6.58 Å². The fourth-order valence-electron chi connectivity index (χ4n) is 8.18. The number of nitrogens with two attached hydrogens (primary N) is 1. The first kappa shape index (κ1) is 48.8. The van der Waals surface area contributed by atoms with E-state index in [2.05, 4.69) is 93.4 Å². The number of nitrogens with zero attached hydrogens (tertiary/aromatic N) is 6. The molecule has 0 radical (unpaired) electrons. The van der Waals surface area contributed by atoms with E-state index >= 15 is 0 Å². The zero-order valence-corrected chi connectivity index (χ0v) is 38.3. The predicted molar refractivity (Wildman–Crippen MR) is 258 cm³/mol. The maximum absolute atomic E-state index is 13.4. The summed E-state index contributed by atoms with van der Waals surface area (Å²) in [4.78, 5) is 62.1. The second kappa shape index (κ2) is 24.6. The molecule has 3 aromatic rings. The second-order valence-corrected chi connectivity index (χ2v) is 16.9. The number of amides is 3. The van der Waals surface area contributed by atoms with Crippen molar-refractivity contribution >= 4 is 46.9 Å². The molecule has 7 rings (SSSR count). The van der Waals surface area contributed by atoms with Gasteiger partial charge in [0.05, 0.1) is 12.1 Å². The smallest absolute Gasteiger partial charge is 0.255 e. The summed E-state index contributed by atoms with van der Waals surface area (Å²) in [6, 6.07) is 16.9. The Morgan fingerprint density at radius 2 is 1.66 bits per heavy atom. The number of rotatable bonds is 15. The summed E-state index contributed by atoms with van der Waals surface area (Å²) < 4.78 is 0. The number of unbranched alkanes of at least 4 members (excludes halogenated alkanes) is 1. The van der Waals surface area contributed by atoms with Gasteiger partial charge in [0.2, 0.25) is 11.8 Å². The molecule has 1 atom stereocenters. The molecule has 344 valence electrons. The number of hydrogen-bond acceptors (Lipinski definition) is 13. The lowest BCUT2D eigenvalue weighted by Crippen LogP contribution is -2.53. The number of aldehydes is 1. The van der Waals surface area contributed by atoms with E-state index in [9.17, 15) is 19.2 Å². The van der Waals surface area contributed by atoms with Gasteiger partial charge in [-0.2, -0.15) is 0 Å². The van der Waals surface area contributed by atoms with Crippen LogP contribution in [-0.2, 0) is 16.0 Å². The number of nitrogen functional groups attached to an aromatic ring is 1. The van der Waals surface area contributed by atoms with Crippen LogP contribution in [0.15, 0.2) is 91.8 Å². The lowest BCUT2D eigenvalue weighted by atomic mass is 9.95. The van der Waals surface area contributed by atoms with Gasteiger partial charge in [-0.1, -0.05) is 32.1 Å². The van der Waals surface area contributed by atoms with Gasteiger partial charge in [-0.05, 0) is 112 Å². The maximum atomic E-state index is 13.4. The SMILES string of the molecule is C=CCN(C=C)Nc1ccc(CCCC)c(C)n1.CC1=CNNC1.CN(C(=O)c1cc(N2CCC(CN3CCN(c4ccc(N)cc4)CC3)CC2)ccc1C=O)C1CCC(=O)NC1=O. The normalized spacial score (nSPS) is 17.6. The molecule has 0 aliphatic carbocycles. The van der Waals surface area contributed by atoms with Crippen molar-refractivity contribution in [3.63, 3.8) is 0 Å². The number of carbonyl (C=O) groups excluding carboxylic acids is 4. The van der Waals surface area contributed by atoms with E-state index in [0.717, 1.165) is 94.5 Å². The highest BCUT2D eigenvalue weighted by Gasteiger charge is 2.34. The van der Waals surface area contributed by atoms with Crippen LogP contribution in [0.25, 0.3) is 0 Å². The number of carbonyl (C=O) groups is 4. The number of likely N-dealkylation sites (N-methyl/N-ethyl adjacent to an activating group) is 1. The number of aryl methyl sites for hydroxylation is 2. The van der Waals surface area contributed by atoms with Crippen LogP contribution in [-0.4, -0.2) is 116 Å². The summed E-state index contributed by atoms with van der Waals surface area (Å²) in [6.07, 6.45) is 12.3. The lowest BCUT2D eigenvalue weighted by Gasteiger charge is -2.40. The van der Waals surface area contributed by atoms with Crippen LogP contribution < -0.4 is 37.1 Å². The predicted octanol–water partition coefficient (Wildman–Crippen LogP) is 5.69. The molecule has 15 heteroatoms. The van der Waals surface area contributed by atoms with Crippen molar-refractivity contribution in [1.29, 1.82) is 0 Å². The largest absolute Gasteiger partial charge is 0.399 e. The Morgan fingerprint density at radius 3 is 2.23 bits per heavy atom. The van der Waals surface area contributed by atoms with Crippen molar-refractivity contribution in [3.05, 3.63) is 114 Å². The molecule has 1 aromatic heterocycles. The van der Waals surface area contributed by atoms with Crippen LogP contribution >= 0.6 is 0 Å². The third-order valence-electron chi connectivity index (χ3n) is 12.1. The summed E-state index contributed by atoms with van der Waals surface area (Å²) in [5.74, 6) is 0.250. The summed E-state index contributed by atoms with van der Waals surface area (Å²) >= 11 is 0. The Hall–Kier alpha value is -6.19. The first-order valence-electron chi connectivity index (χ1n) is 22.6. The third-order valence-corrected chi connectivity index (χ3v) is 12.1. The molecule has 5 heterocycles. The molecule has 2 aromatic carbocycles. The minimum Gasteiger partial charge on any atom is -0.399 e. The number of piperidine rings is 2. The van der Waals surface area contributed by atoms with Gasteiger partial charge in [0.25, 0.3) is 5.91 Å². The highest BCUT2D eigenvalue weighted by atomic mass is 16.2. The molecular weight excluding hydrogens is 807 g/mol. The van der Waals surface area contributed by atoms with Crippen molar-refractivity contribution in [2.75, 3.05) is 86.9 Å². The number of hydrogen-bond donors (Lipinski definition) is 5. The highest BCUT2D eigenvalue weighted by Crippen LogP contribution is 2.28. The molecule has 64 heavy (non-hydrogen) atoms. The molecule has 6 N–H and O–H groups in total. The van der Waals surface area contributed by atoms with Crippen LogP contribution in [0.2, 0.25) is 0 Å². The number of benzene rings is 2. The minimum absolute atomic E-state index is 0.182. The summed E-state index contributed by atoms with van der Waals surface area (Å²) in [5, 5.41) is 4.14. The Bertz CT molecular complexity index is 2070. The van der Waals surface area contributed by atoms with E-state index in [1.165, 1.54) is 34.6 Å². The molecule has 0 spiro atoms. The topological polar surface area (TPSA) is 172 Å². The summed E-state index contributed by atoms with van der Waals surface area (Å²) in [5.41, 5.74) is 22.1.